The van der Waals surface area contributed by atoms with E-state index in [0.29, 0.717) is 28.0 Å². The fourth-order valence-electron chi connectivity index (χ4n) is 3.14. The lowest BCUT2D eigenvalue weighted by molar-refractivity contribution is -0.118. The van der Waals surface area contributed by atoms with Crippen molar-refractivity contribution in [3.05, 3.63) is 77.0 Å². The molecule has 0 radical (unpaired) electrons. The molecule has 4 rings (SSSR count). The molecule has 0 saturated heterocycles. The number of thioether (sulfide) groups is 1. The van der Waals surface area contributed by atoms with Crippen molar-refractivity contribution in [2.45, 2.75) is 5.16 Å². The van der Waals surface area contributed by atoms with Gasteiger partial charge in [-0.15, -0.1) is 10.2 Å². The highest BCUT2D eigenvalue weighted by Crippen LogP contribution is 2.28. The Balaban J connectivity index is 1.48. The molecular weight excluding hydrogens is 532 g/mol. The molecule has 0 bridgehead atoms. The lowest BCUT2D eigenvalue weighted by Crippen LogP contribution is -2.20. The maximum Gasteiger partial charge on any atom is 0.250 e. The summed E-state index contributed by atoms with van der Waals surface area (Å²) in [6.07, 6.45) is 4.92. The molecular formula is C24H21BrN6O3S. The lowest BCUT2D eigenvalue weighted by atomic mass is 10.2. The van der Waals surface area contributed by atoms with Crippen molar-refractivity contribution in [1.29, 1.82) is 0 Å². The van der Waals surface area contributed by atoms with Crippen molar-refractivity contribution in [3.63, 3.8) is 0 Å². The zero-order chi connectivity index (χ0) is 24.6. The summed E-state index contributed by atoms with van der Waals surface area (Å²) in [7, 11) is 3.14. The number of aromatic nitrogens is 4. The van der Waals surface area contributed by atoms with Crippen LogP contribution in [-0.4, -0.2) is 51.8 Å². The second kappa shape index (κ2) is 11.6. The number of pyridine rings is 1. The molecule has 0 saturated carbocycles. The van der Waals surface area contributed by atoms with Crippen LogP contribution in [0, 0.1) is 0 Å². The molecule has 0 aliphatic carbocycles. The molecule has 0 aliphatic rings. The minimum Gasteiger partial charge on any atom is -0.497 e. The zero-order valence-corrected chi connectivity index (χ0v) is 21.3. The predicted molar refractivity (Wildman–Crippen MR) is 138 cm³/mol. The monoisotopic (exact) mass is 552 g/mol. The number of nitrogens with zero attached hydrogens (tertiary/aromatic N) is 5. The zero-order valence-electron chi connectivity index (χ0n) is 18.9. The second-order valence-corrected chi connectivity index (χ2v) is 8.90. The first-order valence-corrected chi connectivity index (χ1v) is 12.2. The van der Waals surface area contributed by atoms with E-state index in [1.54, 1.807) is 44.8 Å². The van der Waals surface area contributed by atoms with Gasteiger partial charge in [-0.3, -0.25) is 14.3 Å². The number of carbonyl (C=O) groups excluding carboxylic acids is 1. The summed E-state index contributed by atoms with van der Waals surface area (Å²) < 4.78 is 13.4. The van der Waals surface area contributed by atoms with Gasteiger partial charge in [-0.05, 0) is 48.5 Å². The Bertz CT molecular complexity index is 1330. The number of benzene rings is 2. The van der Waals surface area contributed by atoms with Crippen LogP contribution in [0.3, 0.4) is 0 Å². The average molecular weight is 553 g/mol. The second-order valence-electron chi connectivity index (χ2n) is 7.04. The Morgan fingerprint density at radius 1 is 1.09 bits per heavy atom. The molecule has 4 aromatic rings. The minimum absolute atomic E-state index is 0.0993. The van der Waals surface area contributed by atoms with Gasteiger partial charge >= 0.3 is 0 Å². The van der Waals surface area contributed by atoms with Gasteiger partial charge in [0.05, 0.1) is 26.2 Å². The number of ether oxygens (including phenoxy) is 2. The minimum atomic E-state index is -0.283. The van der Waals surface area contributed by atoms with Crippen LogP contribution in [0.15, 0.2) is 81.7 Å². The van der Waals surface area contributed by atoms with E-state index in [-0.39, 0.29) is 11.7 Å². The maximum absolute atomic E-state index is 12.5. The van der Waals surface area contributed by atoms with Crippen molar-refractivity contribution in [2.24, 2.45) is 5.10 Å². The van der Waals surface area contributed by atoms with E-state index in [4.69, 9.17) is 9.47 Å². The fraction of sp³-hybridized carbons (Fsp3) is 0.125. The first kappa shape index (κ1) is 24.4. The Kier molecular flexibility index (Phi) is 8.11. The SMILES string of the molecule is COc1ccc(/C=N\NC(=O)CSc2nnc(-c3ccncc3)n2-c2ccc(Br)cc2)c(OC)c1. The summed E-state index contributed by atoms with van der Waals surface area (Å²) in [5, 5.41) is 13.3. The third kappa shape index (κ3) is 6.06. The van der Waals surface area contributed by atoms with Gasteiger partial charge in [0.25, 0.3) is 5.91 Å². The number of amides is 1. The number of methoxy groups -OCH3 is 2. The van der Waals surface area contributed by atoms with Crippen LogP contribution in [0.2, 0.25) is 0 Å². The number of hydrazone groups is 1. The van der Waals surface area contributed by atoms with Crippen LogP contribution in [0.4, 0.5) is 0 Å². The molecule has 35 heavy (non-hydrogen) atoms. The average Bonchev–Trinajstić information content (AvgIpc) is 3.32. The van der Waals surface area contributed by atoms with Crippen LogP contribution in [0.25, 0.3) is 17.1 Å². The summed E-state index contributed by atoms with van der Waals surface area (Å²) in [5.74, 6) is 1.72. The number of halogens is 1. The van der Waals surface area contributed by atoms with Gasteiger partial charge in [0, 0.05) is 39.7 Å². The third-order valence-electron chi connectivity index (χ3n) is 4.82. The molecule has 9 nitrogen and oxygen atoms in total. The Morgan fingerprint density at radius 2 is 1.86 bits per heavy atom. The summed E-state index contributed by atoms with van der Waals surface area (Å²) in [4.78, 5) is 16.5. The fourth-order valence-corrected chi connectivity index (χ4v) is 4.14. The van der Waals surface area contributed by atoms with E-state index in [1.807, 2.05) is 41.0 Å². The van der Waals surface area contributed by atoms with Crippen molar-refractivity contribution >= 4 is 39.8 Å². The van der Waals surface area contributed by atoms with E-state index in [1.165, 1.54) is 18.0 Å². The van der Waals surface area contributed by atoms with E-state index in [2.05, 4.69) is 41.6 Å². The Labute approximate surface area is 214 Å². The van der Waals surface area contributed by atoms with E-state index >= 15 is 0 Å². The third-order valence-corrected chi connectivity index (χ3v) is 6.28. The molecule has 1 amide bonds. The first-order chi connectivity index (χ1) is 17.1. The van der Waals surface area contributed by atoms with Crippen molar-refractivity contribution in [1.82, 2.24) is 25.2 Å². The molecule has 178 valence electrons. The molecule has 1 N–H and O–H groups in total. The molecule has 2 aromatic carbocycles. The van der Waals surface area contributed by atoms with Crippen molar-refractivity contribution in [3.8, 4) is 28.6 Å². The molecule has 0 atom stereocenters. The molecule has 0 aliphatic heterocycles. The lowest BCUT2D eigenvalue weighted by Gasteiger charge is -2.10. The van der Waals surface area contributed by atoms with Gasteiger partial charge in [-0.2, -0.15) is 5.10 Å². The number of rotatable bonds is 9. The van der Waals surface area contributed by atoms with Crippen LogP contribution in [-0.2, 0) is 4.79 Å². The number of hydrogen-bond donors (Lipinski definition) is 1. The molecule has 0 fully saturated rings. The van der Waals surface area contributed by atoms with Crippen LogP contribution >= 0.6 is 27.7 Å². The van der Waals surface area contributed by atoms with Gasteiger partial charge in [0.1, 0.15) is 11.5 Å². The molecule has 11 heteroatoms. The van der Waals surface area contributed by atoms with Crippen molar-refractivity contribution < 1.29 is 14.3 Å². The Morgan fingerprint density at radius 3 is 2.57 bits per heavy atom. The van der Waals surface area contributed by atoms with Crippen LogP contribution in [0.1, 0.15) is 5.56 Å². The molecule has 0 unspecified atom stereocenters. The van der Waals surface area contributed by atoms with Gasteiger partial charge in [0.15, 0.2) is 11.0 Å². The van der Waals surface area contributed by atoms with Crippen LogP contribution < -0.4 is 14.9 Å². The Hall–Kier alpha value is -3.70. The number of nitrogens with one attached hydrogen (secondary N) is 1. The highest BCUT2D eigenvalue weighted by molar-refractivity contribution is 9.10. The van der Waals surface area contributed by atoms with Gasteiger partial charge in [0.2, 0.25) is 0 Å². The van der Waals surface area contributed by atoms with E-state index < -0.39 is 0 Å². The first-order valence-electron chi connectivity index (χ1n) is 10.4. The summed E-state index contributed by atoms with van der Waals surface area (Å²) in [6, 6.07) is 16.8. The van der Waals surface area contributed by atoms with E-state index in [9.17, 15) is 4.79 Å². The summed E-state index contributed by atoms with van der Waals surface area (Å²) in [5.41, 5.74) is 4.98. The standard InChI is InChI=1S/C24H21BrN6O3S/c1-33-20-8-3-17(21(13-20)34-2)14-27-28-22(32)15-35-24-30-29-23(16-9-11-26-12-10-16)31(24)19-6-4-18(25)5-7-19/h3-14H,15H2,1-2H3,(H,28,32)/b27-14-. The quantitative estimate of drug-likeness (QED) is 0.187. The maximum atomic E-state index is 12.5. The molecule has 2 aromatic heterocycles. The van der Waals surface area contributed by atoms with Crippen LogP contribution in [0.5, 0.6) is 11.5 Å². The largest absolute Gasteiger partial charge is 0.497 e. The van der Waals surface area contributed by atoms with Gasteiger partial charge < -0.3 is 9.47 Å². The number of carbonyl (C=O) groups is 1. The topological polar surface area (TPSA) is 104 Å². The summed E-state index contributed by atoms with van der Waals surface area (Å²) >= 11 is 4.73. The number of hydrogen-bond acceptors (Lipinski definition) is 8. The highest BCUT2D eigenvalue weighted by Gasteiger charge is 2.17. The molecule has 0 spiro atoms. The summed E-state index contributed by atoms with van der Waals surface area (Å²) in [6.45, 7) is 0. The molecule has 2 heterocycles. The van der Waals surface area contributed by atoms with Crippen molar-refractivity contribution in [2.75, 3.05) is 20.0 Å². The highest BCUT2D eigenvalue weighted by atomic mass is 79.9. The van der Waals surface area contributed by atoms with Gasteiger partial charge in [-0.1, -0.05) is 27.7 Å². The van der Waals surface area contributed by atoms with Gasteiger partial charge in [-0.25, -0.2) is 5.43 Å². The predicted octanol–water partition coefficient (Wildman–Crippen LogP) is 4.35. The smallest absolute Gasteiger partial charge is 0.250 e. The van der Waals surface area contributed by atoms with E-state index in [0.717, 1.165) is 15.7 Å². The normalized spacial score (nSPS) is 10.9.